The summed E-state index contributed by atoms with van der Waals surface area (Å²) in [6, 6.07) is 6.09. The average molecular weight is 374 g/mol. The van der Waals surface area contributed by atoms with E-state index in [1.807, 2.05) is 32.9 Å². The summed E-state index contributed by atoms with van der Waals surface area (Å²) < 4.78 is 0. The second-order valence-electron chi connectivity index (χ2n) is 6.15. The lowest BCUT2D eigenvalue weighted by molar-refractivity contribution is -0.133. The van der Waals surface area contributed by atoms with Crippen LogP contribution in [0.5, 0.6) is 0 Å². The molecule has 1 aromatic rings. The summed E-state index contributed by atoms with van der Waals surface area (Å²) in [5.41, 5.74) is 3.21. The molecule has 0 unspecified atom stereocenters. The first-order valence-electron chi connectivity index (χ1n) is 9.14. The fourth-order valence-electron chi connectivity index (χ4n) is 3.15. The van der Waals surface area contributed by atoms with Crippen LogP contribution in [-0.4, -0.2) is 52.9 Å². The van der Waals surface area contributed by atoms with Crippen molar-refractivity contribution in [1.29, 1.82) is 0 Å². The van der Waals surface area contributed by atoms with Crippen molar-refractivity contribution in [3.05, 3.63) is 34.9 Å². The van der Waals surface area contributed by atoms with Crippen LogP contribution in [0.1, 0.15) is 38.8 Å². The van der Waals surface area contributed by atoms with Crippen LogP contribution in [-0.2, 0) is 9.59 Å². The molecule has 5 nitrogen and oxygen atoms in total. The fourth-order valence-corrected chi connectivity index (χ4v) is 3.57. The van der Waals surface area contributed by atoms with Crippen molar-refractivity contribution in [2.45, 2.75) is 34.6 Å². The van der Waals surface area contributed by atoms with Crippen LogP contribution >= 0.6 is 12.2 Å². The van der Waals surface area contributed by atoms with E-state index in [0.717, 1.165) is 29.9 Å². The monoisotopic (exact) mass is 373 g/mol. The maximum absolute atomic E-state index is 12.7. The van der Waals surface area contributed by atoms with E-state index in [1.165, 1.54) is 9.80 Å². The molecule has 1 fully saturated rings. The summed E-state index contributed by atoms with van der Waals surface area (Å²) in [5.74, 6) is -0.640. The molecular weight excluding hydrogens is 346 g/mol. The standard InChI is InChI=1S/C20H27N3O2S/c1-6-21(7-2)16-11-10-15(14(5)12-16)13-17-18(24)22(8-3)20(26)23(9-4)19(17)25/h10-13H,6-9H2,1-5H3. The quantitative estimate of drug-likeness (QED) is 0.436. The lowest BCUT2D eigenvalue weighted by Crippen LogP contribution is -2.55. The Morgan fingerprint density at radius 3 is 1.96 bits per heavy atom. The van der Waals surface area contributed by atoms with E-state index < -0.39 is 0 Å². The van der Waals surface area contributed by atoms with E-state index in [9.17, 15) is 9.59 Å². The lowest BCUT2D eigenvalue weighted by atomic mass is 10.0. The topological polar surface area (TPSA) is 43.9 Å². The Labute approximate surface area is 161 Å². The SMILES string of the molecule is CCN1C(=O)C(=Cc2ccc(N(CC)CC)cc2C)C(=O)N(CC)C1=S. The van der Waals surface area contributed by atoms with Gasteiger partial charge in [-0.2, -0.15) is 0 Å². The number of nitrogens with zero attached hydrogens (tertiary/aromatic N) is 3. The van der Waals surface area contributed by atoms with Crippen LogP contribution in [0.25, 0.3) is 6.08 Å². The van der Waals surface area contributed by atoms with Gasteiger partial charge < -0.3 is 4.90 Å². The van der Waals surface area contributed by atoms with Crippen molar-refractivity contribution in [1.82, 2.24) is 9.80 Å². The molecule has 1 heterocycles. The minimum atomic E-state index is -0.320. The maximum Gasteiger partial charge on any atom is 0.265 e. The predicted molar refractivity (Wildman–Crippen MR) is 110 cm³/mol. The number of hydrogen-bond acceptors (Lipinski definition) is 4. The zero-order valence-electron chi connectivity index (χ0n) is 16.2. The summed E-state index contributed by atoms with van der Waals surface area (Å²) in [6.07, 6.45) is 1.69. The van der Waals surface area contributed by atoms with E-state index in [2.05, 4.69) is 24.8 Å². The van der Waals surface area contributed by atoms with Gasteiger partial charge in [-0.1, -0.05) is 6.07 Å². The number of carbonyl (C=O) groups is 2. The van der Waals surface area contributed by atoms with E-state index in [0.29, 0.717) is 13.1 Å². The highest BCUT2D eigenvalue weighted by Crippen LogP contribution is 2.24. The van der Waals surface area contributed by atoms with Gasteiger partial charge in [0.05, 0.1) is 0 Å². The van der Waals surface area contributed by atoms with Crippen LogP contribution in [0.2, 0.25) is 0 Å². The second-order valence-corrected chi connectivity index (χ2v) is 6.52. The molecule has 1 aliphatic rings. The number of benzene rings is 1. The van der Waals surface area contributed by atoms with Crippen molar-refractivity contribution < 1.29 is 9.59 Å². The van der Waals surface area contributed by atoms with Crippen LogP contribution in [0, 0.1) is 6.92 Å². The van der Waals surface area contributed by atoms with E-state index in [-0.39, 0.29) is 22.5 Å². The second kappa shape index (κ2) is 8.45. The molecule has 1 aromatic carbocycles. The van der Waals surface area contributed by atoms with Gasteiger partial charge >= 0.3 is 0 Å². The molecule has 0 bridgehead atoms. The number of likely N-dealkylation sites (N-methyl/N-ethyl adjacent to an activating group) is 2. The smallest absolute Gasteiger partial charge is 0.265 e. The van der Waals surface area contributed by atoms with Crippen molar-refractivity contribution in [3.63, 3.8) is 0 Å². The van der Waals surface area contributed by atoms with Crippen molar-refractivity contribution in [2.75, 3.05) is 31.1 Å². The van der Waals surface area contributed by atoms with E-state index in [1.54, 1.807) is 6.08 Å². The van der Waals surface area contributed by atoms with Gasteiger partial charge in [0, 0.05) is 31.9 Å². The van der Waals surface area contributed by atoms with Crippen LogP contribution in [0.15, 0.2) is 23.8 Å². The molecule has 0 N–H and O–H groups in total. The van der Waals surface area contributed by atoms with Gasteiger partial charge in [0.2, 0.25) is 0 Å². The highest BCUT2D eigenvalue weighted by atomic mass is 32.1. The Bertz CT molecular complexity index is 725. The normalized spacial score (nSPS) is 15.0. The van der Waals surface area contributed by atoms with Crippen LogP contribution in [0.4, 0.5) is 5.69 Å². The van der Waals surface area contributed by atoms with Gasteiger partial charge in [-0.05, 0) is 76.2 Å². The molecule has 0 aromatic heterocycles. The summed E-state index contributed by atoms with van der Waals surface area (Å²) >= 11 is 5.29. The summed E-state index contributed by atoms with van der Waals surface area (Å²) in [6.45, 7) is 12.7. The zero-order valence-corrected chi connectivity index (χ0v) is 17.0. The molecule has 0 atom stereocenters. The molecule has 6 heteroatoms. The van der Waals surface area contributed by atoms with Gasteiger partial charge in [-0.15, -0.1) is 0 Å². The Balaban J connectivity index is 2.45. The molecular formula is C20H27N3O2S. The van der Waals surface area contributed by atoms with Gasteiger partial charge in [0.1, 0.15) is 5.57 Å². The molecule has 1 aliphatic heterocycles. The highest BCUT2D eigenvalue weighted by Gasteiger charge is 2.37. The molecule has 0 radical (unpaired) electrons. The van der Waals surface area contributed by atoms with Crippen molar-refractivity contribution >= 4 is 40.9 Å². The Kier molecular flexibility index (Phi) is 6.53. The van der Waals surface area contributed by atoms with Crippen LogP contribution in [0.3, 0.4) is 0 Å². The zero-order chi connectivity index (χ0) is 19.4. The molecule has 0 spiro atoms. The van der Waals surface area contributed by atoms with Gasteiger partial charge in [0.25, 0.3) is 11.8 Å². The third-order valence-corrected chi connectivity index (χ3v) is 5.17. The lowest BCUT2D eigenvalue weighted by Gasteiger charge is -2.35. The molecule has 1 saturated heterocycles. The number of thiocarbonyl (C=S) groups is 1. The first kappa shape index (κ1) is 20.1. The molecule has 140 valence electrons. The van der Waals surface area contributed by atoms with E-state index in [4.69, 9.17) is 12.2 Å². The number of rotatable bonds is 6. The number of anilines is 1. The fraction of sp³-hybridized carbons (Fsp3) is 0.450. The van der Waals surface area contributed by atoms with Crippen molar-refractivity contribution in [3.8, 4) is 0 Å². The minimum Gasteiger partial charge on any atom is -0.372 e. The molecule has 26 heavy (non-hydrogen) atoms. The predicted octanol–water partition coefficient (Wildman–Crippen LogP) is 3.22. The van der Waals surface area contributed by atoms with E-state index >= 15 is 0 Å². The number of aryl methyl sites for hydroxylation is 1. The number of amides is 2. The van der Waals surface area contributed by atoms with Gasteiger partial charge in [0.15, 0.2) is 5.11 Å². The Morgan fingerprint density at radius 2 is 1.54 bits per heavy atom. The summed E-state index contributed by atoms with van der Waals surface area (Å²) in [4.78, 5) is 30.7. The molecule has 0 saturated carbocycles. The summed E-state index contributed by atoms with van der Waals surface area (Å²) in [5, 5.41) is 0.288. The van der Waals surface area contributed by atoms with Crippen LogP contribution < -0.4 is 4.90 Å². The Hall–Kier alpha value is -2.21. The largest absolute Gasteiger partial charge is 0.372 e. The third-order valence-electron chi connectivity index (χ3n) is 4.73. The number of hydrogen-bond donors (Lipinski definition) is 0. The number of carbonyl (C=O) groups excluding carboxylic acids is 2. The van der Waals surface area contributed by atoms with Gasteiger partial charge in [-0.25, -0.2) is 0 Å². The van der Waals surface area contributed by atoms with Gasteiger partial charge in [-0.3, -0.25) is 19.4 Å². The minimum absolute atomic E-state index is 0.168. The Morgan fingerprint density at radius 1 is 1.00 bits per heavy atom. The summed E-state index contributed by atoms with van der Waals surface area (Å²) in [7, 11) is 0. The highest BCUT2D eigenvalue weighted by molar-refractivity contribution is 7.80. The maximum atomic E-state index is 12.7. The third kappa shape index (κ3) is 3.65. The molecule has 2 amide bonds. The first-order valence-corrected chi connectivity index (χ1v) is 9.55. The average Bonchev–Trinajstić information content (AvgIpc) is 2.62. The van der Waals surface area contributed by atoms with Crippen molar-refractivity contribution in [2.24, 2.45) is 0 Å². The molecule has 2 rings (SSSR count). The molecule has 0 aliphatic carbocycles. The first-order chi connectivity index (χ1) is 12.4.